The van der Waals surface area contributed by atoms with Gasteiger partial charge in [0.25, 0.3) is 0 Å². The van der Waals surface area contributed by atoms with E-state index in [9.17, 15) is 31.5 Å². The second-order valence-corrected chi connectivity index (χ2v) is 4.69. The molecular weight excluding hydrogens is 299 g/mol. The van der Waals surface area contributed by atoms with Gasteiger partial charge < -0.3 is 10.6 Å². The van der Waals surface area contributed by atoms with Gasteiger partial charge in [-0.15, -0.1) is 0 Å². The third-order valence-electron chi connectivity index (χ3n) is 2.37. The number of benzene rings is 1. The first-order chi connectivity index (χ1) is 9.41. The molecule has 0 atom stereocenters. The largest absolute Gasteiger partial charge is 0.471 e. The van der Waals surface area contributed by atoms with E-state index in [0.29, 0.717) is 6.07 Å². The average Bonchev–Trinajstić information content (AvgIpc) is 2.25. The van der Waals surface area contributed by atoms with Crippen molar-refractivity contribution < 1.29 is 31.5 Å². The van der Waals surface area contributed by atoms with Gasteiger partial charge in [0, 0.05) is 11.8 Å². The summed E-state index contributed by atoms with van der Waals surface area (Å²) < 4.78 is 62.3. The first-order valence-corrected chi connectivity index (χ1v) is 5.59. The number of alkyl halides is 3. The van der Waals surface area contributed by atoms with E-state index in [0.717, 1.165) is 26.0 Å². The molecule has 0 spiro atoms. The summed E-state index contributed by atoms with van der Waals surface area (Å²) in [5, 5.41) is 3.50. The van der Waals surface area contributed by atoms with Gasteiger partial charge in [-0.3, -0.25) is 9.59 Å². The molecule has 21 heavy (non-hydrogen) atoms. The quantitative estimate of drug-likeness (QED) is 0.842. The topological polar surface area (TPSA) is 58.2 Å². The lowest BCUT2D eigenvalue weighted by atomic mass is 10.0. The van der Waals surface area contributed by atoms with Crippen molar-refractivity contribution in [2.45, 2.75) is 25.6 Å². The number of hydrogen-bond donors (Lipinski definition) is 2. The summed E-state index contributed by atoms with van der Waals surface area (Å²) in [6.45, 7) is 2.03. The summed E-state index contributed by atoms with van der Waals surface area (Å²) >= 11 is 0. The Bertz CT molecular complexity index is 549. The van der Waals surface area contributed by atoms with Gasteiger partial charge in [-0.2, -0.15) is 13.2 Å². The highest BCUT2D eigenvalue weighted by molar-refractivity contribution is 6.00. The number of amides is 2. The van der Waals surface area contributed by atoms with Gasteiger partial charge >= 0.3 is 12.1 Å². The van der Waals surface area contributed by atoms with E-state index in [-0.39, 0.29) is 5.69 Å². The van der Waals surface area contributed by atoms with Crippen molar-refractivity contribution in [3.05, 3.63) is 29.8 Å². The minimum absolute atomic E-state index is 0.285. The van der Waals surface area contributed by atoms with Gasteiger partial charge in [0.15, 0.2) is 0 Å². The first kappa shape index (κ1) is 16.9. The van der Waals surface area contributed by atoms with Crippen LogP contribution in [0.2, 0.25) is 0 Å². The fraction of sp³-hybridized carbons (Fsp3) is 0.333. The molecule has 0 fully saturated rings. The molecule has 4 nitrogen and oxygen atoms in total. The van der Waals surface area contributed by atoms with E-state index < -0.39 is 35.2 Å². The Hall–Kier alpha value is -2.19. The van der Waals surface area contributed by atoms with Crippen LogP contribution in [0, 0.1) is 11.6 Å². The van der Waals surface area contributed by atoms with Crippen LogP contribution in [0.4, 0.5) is 27.6 Å². The molecule has 2 amide bonds. The second-order valence-electron chi connectivity index (χ2n) is 4.69. The van der Waals surface area contributed by atoms with E-state index in [2.05, 4.69) is 0 Å². The van der Waals surface area contributed by atoms with Gasteiger partial charge in [0.05, 0.1) is 0 Å². The highest BCUT2D eigenvalue weighted by Crippen LogP contribution is 2.18. The molecule has 1 rings (SSSR count). The first-order valence-electron chi connectivity index (χ1n) is 5.59. The molecule has 0 unspecified atom stereocenters. The van der Waals surface area contributed by atoms with E-state index in [4.69, 9.17) is 0 Å². The molecular formula is C12H11F5N2O2. The standard InChI is InChI=1S/C12H11F5N2O2/c1-11(2,19-10(21)12(15,16)17)9(20)18-8-4-6(13)3-7(14)5-8/h3-5H,1-2H3,(H,18,20)(H,19,21). The van der Waals surface area contributed by atoms with Crippen molar-refractivity contribution in [2.75, 3.05) is 5.32 Å². The number of anilines is 1. The molecule has 0 aliphatic heterocycles. The SMILES string of the molecule is CC(C)(NC(=O)C(F)(F)F)C(=O)Nc1cc(F)cc(F)c1. The van der Waals surface area contributed by atoms with E-state index >= 15 is 0 Å². The lowest BCUT2D eigenvalue weighted by molar-refractivity contribution is -0.175. The van der Waals surface area contributed by atoms with Gasteiger partial charge in [-0.1, -0.05) is 0 Å². The molecule has 9 heteroatoms. The van der Waals surface area contributed by atoms with Crippen LogP contribution in [0.3, 0.4) is 0 Å². The molecule has 0 aliphatic rings. The molecule has 2 N–H and O–H groups in total. The predicted molar refractivity (Wildman–Crippen MR) is 63.3 cm³/mol. The Labute approximate surface area is 116 Å². The zero-order valence-electron chi connectivity index (χ0n) is 10.9. The van der Waals surface area contributed by atoms with E-state index in [1.807, 2.05) is 5.32 Å². The Morgan fingerprint density at radius 1 is 0.952 bits per heavy atom. The summed E-state index contributed by atoms with van der Waals surface area (Å²) in [7, 11) is 0. The molecule has 0 radical (unpaired) electrons. The molecule has 1 aromatic rings. The number of carbonyl (C=O) groups excluding carboxylic acids is 2. The van der Waals surface area contributed by atoms with Crippen LogP contribution in [-0.4, -0.2) is 23.5 Å². The highest BCUT2D eigenvalue weighted by atomic mass is 19.4. The smallest absolute Gasteiger partial charge is 0.334 e. The lowest BCUT2D eigenvalue weighted by Gasteiger charge is -2.25. The highest BCUT2D eigenvalue weighted by Gasteiger charge is 2.43. The molecule has 0 bridgehead atoms. The number of hydrogen-bond acceptors (Lipinski definition) is 2. The Kier molecular flexibility index (Phi) is 4.55. The molecule has 0 heterocycles. The van der Waals surface area contributed by atoms with Crippen molar-refractivity contribution in [1.29, 1.82) is 0 Å². The molecule has 0 saturated carbocycles. The molecule has 0 aliphatic carbocycles. The zero-order chi connectivity index (χ0) is 16.4. The second kappa shape index (κ2) is 5.66. The maximum absolute atomic E-state index is 12.9. The van der Waals surface area contributed by atoms with Crippen molar-refractivity contribution >= 4 is 17.5 Å². The van der Waals surface area contributed by atoms with Crippen LogP contribution in [-0.2, 0) is 9.59 Å². The van der Waals surface area contributed by atoms with Crippen molar-refractivity contribution in [1.82, 2.24) is 5.32 Å². The van der Waals surface area contributed by atoms with Crippen LogP contribution >= 0.6 is 0 Å². The number of rotatable bonds is 3. The van der Waals surface area contributed by atoms with Crippen LogP contribution in [0.25, 0.3) is 0 Å². The number of nitrogens with one attached hydrogen (secondary N) is 2. The predicted octanol–water partition coefficient (Wildman–Crippen LogP) is 2.36. The summed E-state index contributed by atoms with van der Waals surface area (Å²) in [4.78, 5) is 22.6. The van der Waals surface area contributed by atoms with E-state index in [1.165, 1.54) is 5.32 Å². The van der Waals surface area contributed by atoms with Crippen LogP contribution in [0.5, 0.6) is 0 Å². The maximum atomic E-state index is 12.9. The monoisotopic (exact) mass is 310 g/mol. The normalized spacial score (nSPS) is 12.0. The third kappa shape index (κ3) is 4.69. The lowest BCUT2D eigenvalue weighted by Crippen LogP contribution is -2.55. The summed E-state index contributed by atoms with van der Waals surface area (Å²) in [5.74, 6) is -5.30. The van der Waals surface area contributed by atoms with Gasteiger partial charge in [-0.05, 0) is 26.0 Å². The summed E-state index contributed by atoms with van der Waals surface area (Å²) in [6, 6.07) is 2.12. The molecule has 0 aromatic heterocycles. The number of halogens is 5. The minimum atomic E-state index is -5.15. The average molecular weight is 310 g/mol. The van der Waals surface area contributed by atoms with Crippen LogP contribution < -0.4 is 10.6 Å². The van der Waals surface area contributed by atoms with Crippen molar-refractivity contribution in [2.24, 2.45) is 0 Å². The van der Waals surface area contributed by atoms with Gasteiger partial charge in [0.2, 0.25) is 5.91 Å². The Balaban J connectivity index is 2.84. The summed E-state index contributed by atoms with van der Waals surface area (Å²) in [5.41, 5.74) is -2.22. The van der Waals surface area contributed by atoms with Crippen LogP contribution in [0.15, 0.2) is 18.2 Å². The molecule has 1 aromatic carbocycles. The Morgan fingerprint density at radius 2 is 1.43 bits per heavy atom. The van der Waals surface area contributed by atoms with Crippen molar-refractivity contribution in [3.8, 4) is 0 Å². The maximum Gasteiger partial charge on any atom is 0.471 e. The summed E-state index contributed by atoms with van der Waals surface area (Å²) in [6.07, 6.45) is -5.15. The van der Waals surface area contributed by atoms with Gasteiger partial charge in [-0.25, -0.2) is 8.78 Å². The number of carbonyl (C=O) groups is 2. The zero-order valence-corrected chi connectivity index (χ0v) is 10.9. The fourth-order valence-electron chi connectivity index (χ4n) is 1.32. The minimum Gasteiger partial charge on any atom is -0.334 e. The van der Waals surface area contributed by atoms with E-state index in [1.54, 1.807) is 0 Å². The molecule has 116 valence electrons. The molecule has 0 saturated heterocycles. The fourth-order valence-corrected chi connectivity index (χ4v) is 1.32. The van der Waals surface area contributed by atoms with Gasteiger partial charge in [0.1, 0.15) is 17.2 Å². The third-order valence-corrected chi connectivity index (χ3v) is 2.37. The van der Waals surface area contributed by atoms with Crippen molar-refractivity contribution in [3.63, 3.8) is 0 Å². The van der Waals surface area contributed by atoms with Crippen LogP contribution in [0.1, 0.15) is 13.8 Å². The Morgan fingerprint density at radius 3 is 1.86 bits per heavy atom.